The molecule has 0 heterocycles. The molecule has 1 N–H and O–H groups in total. The van der Waals surface area contributed by atoms with Gasteiger partial charge in [-0.05, 0) is 13.3 Å². The minimum atomic E-state index is -0.877. The van der Waals surface area contributed by atoms with Crippen LogP contribution in [0.5, 0.6) is 0 Å². The average molecular weight is 175 g/mol. The first kappa shape index (κ1) is 10.7. The number of thioether (sulfide) groups is 1. The Morgan fingerprint density at radius 1 is 1.82 bits per heavy atom. The summed E-state index contributed by atoms with van der Waals surface area (Å²) in [5.74, 6) is 0. The van der Waals surface area contributed by atoms with Gasteiger partial charge in [0.15, 0.2) is 0 Å². The molecule has 0 radical (unpaired) electrons. The third kappa shape index (κ3) is 5.01. The van der Waals surface area contributed by atoms with Crippen molar-refractivity contribution >= 4 is 16.8 Å². The lowest BCUT2D eigenvalue weighted by Crippen LogP contribution is -2.15. The minimum Gasteiger partial charge on any atom is -0.299 e. The maximum absolute atomic E-state index is 13.0. The summed E-state index contributed by atoms with van der Waals surface area (Å²) in [6, 6.07) is 0. The Balaban J connectivity index is 3.71. The van der Waals surface area contributed by atoms with Crippen molar-refractivity contribution < 1.29 is 4.39 Å². The molecule has 0 aliphatic carbocycles. The molecule has 1 unspecified atom stereocenters. The zero-order chi connectivity index (χ0) is 8.85. The molecule has 0 saturated heterocycles. The maximum atomic E-state index is 13.0. The van der Waals surface area contributed by atoms with Gasteiger partial charge in [0.2, 0.25) is 0 Å². The van der Waals surface area contributed by atoms with Crippen LogP contribution in [0.15, 0.2) is 12.7 Å². The normalized spacial score (nSPS) is 15.5. The van der Waals surface area contributed by atoms with E-state index in [0.29, 0.717) is 11.5 Å². The summed E-state index contributed by atoms with van der Waals surface area (Å²) >= 11 is 1.26. The fourth-order valence-electron chi connectivity index (χ4n) is 0.704. The highest BCUT2D eigenvalue weighted by Gasteiger charge is 2.15. The molecule has 2 atom stereocenters. The standard InChI is InChI=1S/C8H14FNS/c1-4-5-8(9)6(2)11-7(3)10/h4,6,8,10H,1,5H2,2-3H3/t6?,8-/m1/s1. The number of nitrogens with one attached hydrogen (secondary N) is 1. The summed E-state index contributed by atoms with van der Waals surface area (Å²) in [6.45, 7) is 6.92. The maximum Gasteiger partial charge on any atom is 0.115 e. The summed E-state index contributed by atoms with van der Waals surface area (Å²) in [4.78, 5) is 0. The Morgan fingerprint density at radius 3 is 2.73 bits per heavy atom. The van der Waals surface area contributed by atoms with Gasteiger partial charge in [-0.15, -0.1) is 18.3 Å². The Labute approximate surface area is 71.6 Å². The number of allylic oxidation sites excluding steroid dienone is 1. The van der Waals surface area contributed by atoms with Crippen molar-refractivity contribution in [3.8, 4) is 0 Å². The fourth-order valence-corrected chi connectivity index (χ4v) is 1.52. The third-order valence-electron chi connectivity index (χ3n) is 1.26. The second kappa shape index (κ2) is 5.35. The lowest BCUT2D eigenvalue weighted by atomic mass is 10.2. The monoisotopic (exact) mass is 175 g/mol. The predicted octanol–water partition coefficient (Wildman–Crippen LogP) is 3.02. The van der Waals surface area contributed by atoms with E-state index in [2.05, 4.69) is 6.58 Å². The van der Waals surface area contributed by atoms with Crippen molar-refractivity contribution in [3.05, 3.63) is 12.7 Å². The van der Waals surface area contributed by atoms with E-state index in [-0.39, 0.29) is 5.25 Å². The minimum absolute atomic E-state index is 0.134. The lowest BCUT2D eigenvalue weighted by Gasteiger charge is -2.13. The van der Waals surface area contributed by atoms with Gasteiger partial charge >= 0.3 is 0 Å². The highest BCUT2D eigenvalue weighted by atomic mass is 32.2. The second-order valence-corrected chi connectivity index (χ2v) is 4.01. The number of halogens is 1. The van der Waals surface area contributed by atoms with Crippen LogP contribution in [0, 0.1) is 5.41 Å². The van der Waals surface area contributed by atoms with E-state index in [1.165, 1.54) is 11.8 Å². The summed E-state index contributed by atoms with van der Waals surface area (Å²) in [5, 5.41) is 7.45. The number of hydrogen-bond donors (Lipinski definition) is 1. The van der Waals surface area contributed by atoms with E-state index in [4.69, 9.17) is 5.41 Å². The molecule has 64 valence electrons. The number of alkyl halides is 1. The van der Waals surface area contributed by atoms with Crippen molar-refractivity contribution in [2.75, 3.05) is 0 Å². The summed E-state index contributed by atoms with van der Waals surface area (Å²) in [7, 11) is 0. The quantitative estimate of drug-likeness (QED) is 0.396. The molecule has 11 heavy (non-hydrogen) atoms. The molecule has 0 bridgehead atoms. The SMILES string of the molecule is C=CC[C@@H](F)C(C)SC(C)=N. The summed E-state index contributed by atoms with van der Waals surface area (Å²) in [5.41, 5.74) is 0. The molecule has 0 aliphatic heterocycles. The van der Waals surface area contributed by atoms with Gasteiger partial charge in [-0.3, -0.25) is 5.41 Å². The molecule has 0 spiro atoms. The van der Waals surface area contributed by atoms with Gasteiger partial charge in [0, 0.05) is 5.25 Å². The summed E-state index contributed by atoms with van der Waals surface area (Å²) in [6.07, 6.45) is 1.07. The van der Waals surface area contributed by atoms with E-state index in [1.54, 1.807) is 19.9 Å². The largest absolute Gasteiger partial charge is 0.299 e. The summed E-state index contributed by atoms with van der Waals surface area (Å²) < 4.78 is 13.0. The molecule has 3 heteroatoms. The molecule has 0 saturated carbocycles. The van der Waals surface area contributed by atoms with Gasteiger partial charge in [-0.1, -0.05) is 13.0 Å². The van der Waals surface area contributed by atoms with E-state index in [0.717, 1.165) is 0 Å². The van der Waals surface area contributed by atoms with Gasteiger partial charge in [0.25, 0.3) is 0 Å². The van der Waals surface area contributed by atoms with Crippen LogP contribution in [-0.4, -0.2) is 16.5 Å². The zero-order valence-electron chi connectivity index (χ0n) is 6.93. The van der Waals surface area contributed by atoms with Crippen molar-refractivity contribution in [1.29, 1.82) is 5.41 Å². The predicted molar refractivity (Wildman–Crippen MR) is 50.2 cm³/mol. The molecule has 0 aliphatic rings. The van der Waals surface area contributed by atoms with Crippen LogP contribution < -0.4 is 0 Å². The Morgan fingerprint density at radius 2 is 2.36 bits per heavy atom. The van der Waals surface area contributed by atoms with E-state index < -0.39 is 6.17 Å². The Bertz CT molecular complexity index is 147. The van der Waals surface area contributed by atoms with E-state index >= 15 is 0 Å². The van der Waals surface area contributed by atoms with Gasteiger partial charge in [0.05, 0.1) is 5.04 Å². The molecule has 0 amide bonds. The van der Waals surface area contributed by atoms with Crippen LogP contribution in [-0.2, 0) is 0 Å². The van der Waals surface area contributed by atoms with Crippen LogP contribution in [0.4, 0.5) is 4.39 Å². The Hall–Kier alpha value is -0.310. The smallest absolute Gasteiger partial charge is 0.115 e. The van der Waals surface area contributed by atoms with Crippen LogP contribution in [0.25, 0.3) is 0 Å². The fraction of sp³-hybridized carbons (Fsp3) is 0.625. The molecule has 0 fully saturated rings. The topological polar surface area (TPSA) is 23.9 Å². The van der Waals surface area contributed by atoms with Crippen LogP contribution in [0.1, 0.15) is 20.3 Å². The molecule has 0 aromatic carbocycles. The highest BCUT2D eigenvalue weighted by molar-refractivity contribution is 8.14. The molecule has 0 aromatic rings. The second-order valence-electron chi connectivity index (χ2n) is 2.42. The van der Waals surface area contributed by atoms with Crippen molar-refractivity contribution in [1.82, 2.24) is 0 Å². The van der Waals surface area contributed by atoms with Gasteiger partial charge in [-0.2, -0.15) is 0 Å². The van der Waals surface area contributed by atoms with Crippen molar-refractivity contribution in [2.45, 2.75) is 31.7 Å². The molecular weight excluding hydrogens is 161 g/mol. The van der Waals surface area contributed by atoms with Crippen LogP contribution >= 0.6 is 11.8 Å². The first-order valence-electron chi connectivity index (χ1n) is 3.54. The zero-order valence-corrected chi connectivity index (χ0v) is 7.75. The van der Waals surface area contributed by atoms with Crippen molar-refractivity contribution in [2.24, 2.45) is 0 Å². The van der Waals surface area contributed by atoms with Crippen LogP contribution in [0.2, 0.25) is 0 Å². The first-order chi connectivity index (χ1) is 5.07. The third-order valence-corrected chi connectivity index (χ3v) is 2.28. The van der Waals surface area contributed by atoms with Gasteiger partial charge in [-0.25, -0.2) is 4.39 Å². The molecule has 0 rings (SSSR count). The molecule has 0 aromatic heterocycles. The van der Waals surface area contributed by atoms with E-state index in [9.17, 15) is 4.39 Å². The lowest BCUT2D eigenvalue weighted by molar-refractivity contribution is 0.336. The number of rotatable bonds is 4. The number of hydrogen-bond acceptors (Lipinski definition) is 2. The van der Waals surface area contributed by atoms with Crippen LogP contribution in [0.3, 0.4) is 0 Å². The Kier molecular flexibility index (Phi) is 5.20. The van der Waals surface area contributed by atoms with E-state index in [1.807, 2.05) is 0 Å². The molecular formula is C8H14FNS. The van der Waals surface area contributed by atoms with Gasteiger partial charge < -0.3 is 0 Å². The first-order valence-corrected chi connectivity index (χ1v) is 4.42. The molecule has 1 nitrogen and oxygen atoms in total. The van der Waals surface area contributed by atoms with Crippen molar-refractivity contribution in [3.63, 3.8) is 0 Å². The average Bonchev–Trinajstić information content (AvgIpc) is 1.86. The van der Waals surface area contributed by atoms with Gasteiger partial charge in [0.1, 0.15) is 6.17 Å². The highest BCUT2D eigenvalue weighted by Crippen LogP contribution is 2.19.